The van der Waals surface area contributed by atoms with E-state index >= 15 is 0 Å². The molecule has 0 aromatic heterocycles. The van der Waals surface area contributed by atoms with Crippen LogP contribution in [0.2, 0.25) is 0 Å². The smallest absolute Gasteiger partial charge is 0.184 e. The van der Waals surface area contributed by atoms with Crippen molar-refractivity contribution in [3.8, 4) is 0 Å². The average Bonchev–Trinajstić information content (AvgIpc) is 2.98. The molecule has 1 saturated carbocycles. The van der Waals surface area contributed by atoms with Gasteiger partial charge in [0.1, 0.15) is 0 Å². The van der Waals surface area contributed by atoms with Crippen LogP contribution in [-0.4, -0.2) is 24.1 Å². The summed E-state index contributed by atoms with van der Waals surface area (Å²) in [5, 5.41) is 0. The van der Waals surface area contributed by atoms with E-state index in [0.29, 0.717) is 13.0 Å². The molecular formula is C28H33FO3. The number of ketones is 1. The minimum Gasteiger partial charge on any atom is -0.378 e. The fourth-order valence-electron chi connectivity index (χ4n) is 5.46. The van der Waals surface area contributed by atoms with E-state index in [9.17, 15) is 9.18 Å². The zero-order chi connectivity index (χ0) is 22.6. The molecule has 1 aliphatic heterocycles. The number of Topliss-reactive ketones (excluding diaryl/α,β-unsaturated/α-hetero) is 1. The highest BCUT2D eigenvalue weighted by atomic mass is 19.1. The lowest BCUT2D eigenvalue weighted by Crippen LogP contribution is -2.43. The highest BCUT2D eigenvalue weighted by Gasteiger charge is 2.43. The first kappa shape index (κ1) is 23.0. The van der Waals surface area contributed by atoms with Crippen LogP contribution in [-0.2, 0) is 9.47 Å². The summed E-state index contributed by atoms with van der Waals surface area (Å²) in [6, 6.07) is 17.1. The van der Waals surface area contributed by atoms with Gasteiger partial charge < -0.3 is 9.47 Å². The monoisotopic (exact) mass is 436 g/mol. The second-order valence-electron chi connectivity index (χ2n) is 9.45. The van der Waals surface area contributed by atoms with E-state index in [1.165, 1.54) is 5.56 Å². The van der Waals surface area contributed by atoms with E-state index in [4.69, 9.17) is 9.47 Å². The summed E-state index contributed by atoms with van der Waals surface area (Å²) in [5.41, 5.74) is 1.87. The van der Waals surface area contributed by atoms with E-state index < -0.39 is 5.82 Å². The van der Waals surface area contributed by atoms with Crippen LogP contribution in [0, 0.1) is 30.8 Å². The van der Waals surface area contributed by atoms with Crippen LogP contribution in [0.3, 0.4) is 0 Å². The number of rotatable bonds is 6. The maximum atomic E-state index is 14.1. The third kappa shape index (κ3) is 5.39. The Labute approximate surface area is 191 Å². The molecule has 2 fully saturated rings. The number of carbonyl (C=O) groups excluding carboxylic acids is 1. The Bertz CT molecular complexity index is 912. The van der Waals surface area contributed by atoms with Gasteiger partial charge in [0.05, 0.1) is 23.4 Å². The van der Waals surface area contributed by atoms with Crippen molar-refractivity contribution in [2.24, 2.45) is 5.92 Å². The topological polar surface area (TPSA) is 35.5 Å². The summed E-state index contributed by atoms with van der Waals surface area (Å²) in [6.45, 7) is 4.56. The molecular weight excluding hydrogens is 403 g/mol. The lowest BCUT2D eigenvalue weighted by Gasteiger charge is -2.45. The van der Waals surface area contributed by atoms with Crippen molar-refractivity contribution in [3.05, 3.63) is 71.0 Å². The molecule has 3 nitrogen and oxygen atoms in total. The van der Waals surface area contributed by atoms with Crippen LogP contribution in [0.15, 0.2) is 36.4 Å². The van der Waals surface area contributed by atoms with Gasteiger partial charge in [0.25, 0.3) is 0 Å². The molecule has 4 unspecified atom stereocenters. The van der Waals surface area contributed by atoms with Crippen LogP contribution in [0.1, 0.15) is 85.9 Å². The second kappa shape index (κ2) is 10.1. The lowest BCUT2D eigenvalue weighted by atomic mass is 9.82. The van der Waals surface area contributed by atoms with Gasteiger partial charge in [-0.2, -0.15) is 4.39 Å². The molecule has 2 aliphatic rings. The SMILES string of the molecule is CCOC1CC(c2ccccc2)OC2(CCCC(CC(=O)c3cc(C)c#cc3F)CC2)C1. The van der Waals surface area contributed by atoms with Crippen LogP contribution in [0.4, 0.5) is 4.39 Å². The number of hydrogen-bond acceptors (Lipinski definition) is 3. The van der Waals surface area contributed by atoms with Gasteiger partial charge in [-0.05, 0) is 63.1 Å². The Balaban J connectivity index is 1.45. The highest BCUT2D eigenvalue weighted by molar-refractivity contribution is 5.96. The van der Waals surface area contributed by atoms with Gasteiger partial charge in [0.2, 0.25) is 0 Å². The number of ether oxygens (including phenoxy) is 2. The second-order valence-corrected chi connectivity index (χ2v) is 9.45. The van der Waals surface area contributed by atoms with Gasteiger partial charge in [0, 0.05) is 31.4 Å². The van der Waals surface area contributed by atoms with E-state index in [2.05, 4.69) is 36.4 Å². The standard InChI is InChI=1S/C28H33FO3/c1-3-31-23-18-27(22-9-5-4-6-10-22)32-28(19-23)14-7-8-21(13-15-28)17-26(30)24-16-20(2)11-12-25(24)29/h4-6,9-10,16,21,23,27H,3,7-8,13-15,17-19H2,1-2H3. The average molecular weight is 437 g/mol. The minimum absolute atomic E-state index is 0.0351. The Morgan fingerprint density at radius 2 is 2.03 bits per heavy atom. The Morgan fingerprint density at radius 3 is 2.81 bits per heavy atom. The van der Waals surface area contributed by atoms with Crippen molar-refractivity contribution in [1.82, 2.24) is 0 Å². The molecule has 1 spiro atoms. The summed E-state index contributed by atoms with van der Waals surface area (Å²) in [6.07, 6.45) is 7.16. The fraction of sp³-hybridized carbons (Fsp3) is 0.536. The van der Waals surface area contributed by atoms with Gasteiger partial charge in [0.15, 0.2) is 11.6 Å². The van der Waals surface area contributed by atoms with Crippen molar-refractivity contribution >= 4 is 5.78 Å². The molecule has 2 aromatic rings. The molecule has 170 valence electrons. The zero-order valence-electron chi connectivity index (χ0n) is 19.2. The Kier molecular flexibility index (Phi) is 7.28. The maximum Gasteiger partial charge on any atom is 0.184 e. The number of aryl methyl sites for hydroxylation is 1. The van der Waals surface area contributed by atoms with Gasteiger partial charge in [-0.25, -0.2) is 0 Å². The van der Waals surface area contributed by atoms with Crippen LogP contribution in [0.25, 0.3) is 0 Å². The molecule has 4 heteroatoms. The minimum atomic E-state index is -0.591. The maximum absolute atomic E-state index is 14.1. The molecule has 0 amide bonds. The van der Waals surface area contributed by atoms with Crippen molar-refractivity contribution < 1.29 is 18.7 Å². The summed E-state index contributed by atoms with van der Waals surface area (Å²) in [5.74, 6) is -0.473. The van der Waals surface area contributed by atoms with E-state index in [1.807, 2.05) is 13.0 Å². The molecule has 0 N–H and O–H groups in total. The third-order valence-corrected chi connectivity index (χ3v) is 7.04. The summed E-state index contributed by atoms with van der Waals surface area (Å²) < 4.78 is 27.0. The van der Waals surface area contributed by atoms with Crippen molar-refractivity contribution in [3.63, 3.8) is 0 Å². The summed E-state index contributed by atoms with van der Waals surface area (Å²) in [4.78, 5) is 12.8. The first-order chi connectivity index (χ1) is 15.5. The summed E-state index contributed by atoms with van der Waals surface area (Å²) in [7, 11) is 0. The summed E-state index contributed by atoms with van der Waals surface area (Å²) >= 11 is 0. The molecule has 2 aromatic carbocycles. The highest BCUT2D eigenvalue weighted by Crippen LogP contribution is 2.46. The van der Waals surface area contributed by atoms with Crippen LogP contribution >= 0.6 is 0 Å². The van der Waals surface area contributed by atoms with Crippen LogP contribution in [0.5, 0.6) is 0 Å². The van der Waals surface area contributed by atoms with Gasteiger partial charge in [-0.15, -0.1) is 0 Å². The van der Waals surface area contributed by atoms with E-state index in [0.717, 1.165) is 50.5 Å². The molecule has 4 rings (SSSR count). The zero-order valence-corrected chi connectivity index (χ0v) is 19.2. The van der Waals surface area contributed by atoms with Crippen molar-refractivity contribution in [2.75, 3.05) is 6.61 Å². The van der Waals surface area contributed by atoms with Gasteiger partial charge >= 0.3 is 0 Å². The molecule has 4 atom stereocenters. The van der Waals surface area contributed by atoms with Gasteiger partial charge in [-0.1, -0.05) is 42.8 Å². The number of halogens is 1. The quantitative estimate of drug-likeness (QED) is 0.480. The molecule has 1 heterocycles. The first-order valence-electron chi connectivity index (χ1n) is 12.0. The normalized spacial score (nSPS) is 28.2. The lowest BCUT2D eigenvalue weighted by molar-refractivity contribution is -0.181. The van der Waals surface area contributed by atoms with E-state index in [1.54, 1.807) is 13.0 Å². The molecule has 0 radical (unpaired) electrons. The predicted molar refractivity (Wildman–Crippen MR) is 122 cm³/mol. The molecule has 0 bridgehead atoms. The van der Waals surface area contributed by atoms with Crippen molar-refractivity contribution in [2.45, 2.75) is 83.0 Å². The number of carbonyl (C=O) groups is 1. The predicted octanol–water partition coefficient (Wildman–Crippen LogP) is 6.58. The molecule has 1 saturated heterocycles. The third-order valence-electron chi connectivity index (χ3n) is 7.04. The Morgan fingerprint density at radius 1 is 1.22 bits per heavy atom. The van der Waals surface area contributed by atoms with Crippen LogP contribution < -0.4 is 0 Å². The number of hydrogen-bond donors (Lipinski definition) is 0. The number of benzene rings is 1. The molecule has 1 aliphatic carbocycles. The Hall–Kier alpha value is -2.22. The fourth-order valence-corrected chi connectivity index (χ4v) is 5.46. The van der Waals surface area contributed by atoms with Gasteiger partial charge in [-0.3, -0.25) is 4.79 Å². The molecule has 32 heavy (non-hydrogen) atoms. The first-order valence-corrected chi connectivity index (χ1v) is 12.0. The van der Waals surface area contributed by atoms with Crippen molar-refractivity contribution in [1.29, 1.82) is 0 Å². The van der Waals surface area contributed by atoms with E-state index in [-0.39, 0.29) is 35.1 Å². The largest absolute Gasteiger partial charge is 0.378 e.